The van der Waals surface area contributed by atoms with Crippen molar-refractivity contribution in [1.29, 1.82) is 0 Å². The monoisotopic (exact) mass is 324 g/mol. The van der Waals surface area contributed by atoms with E-state index in [-0.39, 0.29) is 0 Å². The second kappa shape index (κ2) is 6.39. The number of aryl methyl sites for hydroxylation is 1. The first-order chi connectivity index (χ1) is 8.72. The Balaban J connectivity index is 2.03. The highest BCUT2D eigenvalue weighted by Crippen LogP contribution is 2.32. The van der Waals surface area contributed by atoms with Crippen LogP contribution in [0.1, 0.15) is 27.1 Å². The Kier molecular flexibility index (Phi) is 4.84. The molecule has 0 N–H and O–H groups in total. The minimum absolute atomic E-state index is 0.399. The zero-order valence-electron chi connectivity index (χ0n) is 10.7. The van der Waals surface area contributed by atoms with E-state index >= 15 is 0 Å². The Labute approximate surface area is 121 Å². The number of hydrogen-bond donors (Lipinski definition) is 0. The van der Waals surface area contributed by atoms with Gasteiger partial charge in [-0.3, -0.25) is 0 Å². The van der Waals surface area contributed by atoms with Crippen LogP contribution in [0.4, 0.5) is 0 Å². The molecular weight excluding hydrogens is 308 g/mol. The fourth-order valence-corrected chi connectivity index (χ4v) is 3.56. The van der Waals surface area contributed by atoms with Crippen molar-refractivity contribution in [2.24, 2.45) is 0 Å². The molecule has 0 radical (unpaired) electrons. The molecule has 0 saturated heterocycles. The van der Waals surface area contributed by atoms with Gasteiger partial charge in [-0.05, 0) is 42.7 Å². The van der Waals surface area contributed by atoms with Crippen molar-refractivity contribution in [3.8, 4) is 5.75 Å². The van der Waals surface area contributed by atoms with Crippen molar-refractivity contribution in [2.75, 3.05) is 7.11 Å². The molecule has 1 unspecified atom stereocenters. The number of ether oxygens (including phenoxy) is 1. The lowest BCUT2D eigenvalue weighted by atomic mass is 10.1. The number of thiophene rings is 1. The van der Waals surface area contributed by atoms with Crippen molar-refractivity contribution in [2.45, 2.75) is 24.6 Å². The molecule has 1 heterocycles. The van der Waals surface area contributed by atoms with Crippen LogP contribution < -0.4 is 4.74 Å². The molecule has 0 bridgehead atoms. The number of benzene rings is 1. The third-order valence-electron chi connectivity index (χ3n) is 2.91. The van der Waals surface area contributed by atoms with Gasteiger partial charge in [0.15, 0.2) is 0 Å². The average Bonchev–Trinajstić information content (AvgIpc) is 2.88. The normalized spacial score (nSPS) is 12.4. The third-order valence-corrected chi connectivity index (χ3v) is 5.38. The number of alkyl halides is 1. The van der Waals surface area contributed by atoms with Crippen LogP contribution >= 0.6 is 27.3 Å². The van der Waals surface area contributed by atoms with Crippen LogP contribution in [0.25, 0.3) is 0 Å². The SMILES string of the molecule is CCc1ccc(C(Br)Cc2ccc(OC)cc2)s1. The quantitative estimate of drug-likeness (QED) is 0.703. The molecule has 0 aliphatic carbocycles. The maximum absolute atomic E-state index is 5.17. The highest BCUT2D eigenvalue weighted by atomic mass is 79.9. The van der Waals surface area contributed by atoms with E-state index in [1.807, 2.05) is 23.5 Å². The van der Waals surface area contributed by atoms with Crippen LogP contribution in [0.2, 0.25) is 0 Å². The molecular formula is C15H17BrOS. The maximum Gasteiger partial charge on any atom is 0.118 e. The number of rotatable bonds is 5. The van der Waals surface area contributed by atoms with Gasteiger partial charge >= 0.3 is 0 Å². The number of hydrogen-bond acceptors (Lipinski definition) is 2. The molecule has 2 aromatic rings. The summed E-state index contributed by atoms with van der Waals surface area (Å²) in [4.78, 5) is 3.25. The van der Waals surface area contributed by atoms with E-state index in [9.17, 15) is 0 Å². The Hall–Kier alpha value is -0.800. The van der Waals surface area contributed by atoms with Gasteiger partial charge in [0.1, 0.15) is 5.75 Å². The minimum Gasteiger partial charge on any atom is -0.497 e. The second-order valence-electron chi connectivity index (χ2n) is 4.18. The molecule has 0 amide bonds. The standard InChI is InChI=1S/C15H17BrOS/c1-3-13-8-9-15(18-13)14(16)10-11-4-6-12(17-2)7-5-11/h4-9,14H,3,10H2,1-2H3. The maximum atomic E-state index is 5.17. The Morgan fingerprint density at radius 3 is 2.44 bits per heavy atom. The van der Waals surface area contributed by atoms with Crippen molar-refractivity contribution in [3.63, 3.8) is 0 Å². The van der Waals surface area contributed by atoms with Crippen LogP contribution in [0.3, 0.4) is 0 Å². The first-order valence-electron chi connectivity index (χ1n) is 6.08. The zero-order chi connectivity index (χ0) is 13.0. The predicted octanol–water partition coefficient (Wildman–Crippen LogP) is 5.00. The molecule has 0 aliphatic rings. The molecule has 1 nitrogen and oxygen atoms in total. The second-order valence-corrected chi connectivity index (χ2v) is 6.48. The summed E-state index contributed by atoms with van der Waals surface area (Å²) in [6.07, 6.45) is 2.13. The van der Waals surface area contributed by atoms with Gasteiger partial charge in [-0.25, -0.2) is 0 Å². The Bertz CT molecular complexity index is 489. The lowest BCUT2D eigenvalue weighted by Gasteiger charge is -2.08. The molecule has 1 aromatic heterocycles. The summed E-state index contributed by atoms with van der Waals surface area (Å²) in [6, 6.07) is 12.7. The molecule has 0 saturated carbocycles. The van der Waals surface area contributed by atoms with Gasteiger partial charge in [0.25, 0.3) is 0 Å². The first kappa shape index (κ1) is 13.6. The third kappa shape index (κ3) is 3.36. The van der Waals surface area contributed by atoms with Crippen molar-refractivity contribution in [3.05, 3.63) is 51.7 Å². The van der Waals surface area contributed by atoms with Crippen molar-refractivity contribution >= 4 is 27.3 Å². The van der Waals surface area contributed by atoms with Crippen LogP contribution in [0, 0.1) is 0 Å². The minimum atomic E-state index is 0.399. The molecule has 1 atom stereocenters. The molecule has 0 aliphatic heterocycles. The summed E-state index contributed by atoms with van der Waals surface area (Å²) >= 11 is 5.68. The van der Waals surface area contributed by atoms with Gasteiger partial charge in [0.2, 0.25) is 0 Å². The number of halogens is 1. The molecule has 96 valence electrons. The summed E-state index contributed by atoms with van der Waals surface area (Å²) in [5.74, 6) is 0.911. The molecule has 0 fully saturated rings. The average molecular weight is 325 g/mol. The van der Waals surface area contributed by atoms with Gasteiger partial charge in [-0.1, -0.05) is 35.0 Å². The molecule has 18 heavy (non-hydrogen) atoms. The van der Waals surface area contributed by atoms with Crippen LogP contribution in [-0.2, 0) is 12.8 Å². The highest BCUT2D eigenvalue weighted by molar-refractivity contribution is 9.09. The largest absolute Gasteiger partial charge is 0.497 e. The summed E-state index contributed by atoms with van der Waals surface area (Å²) in [5, 5.41) is 0. The highest BCUT2D eigenvalue weighted by Gasteiger charge is 2.11. The zero-order valence-corrected chi connectivity index (χ0v) is 13.1. The van der Waals surface area contributed by atoms with E-state index in [1.165, 1.54) is 15.3 Å². The summed E-state index contributed by atoms with van der Waals surface area (Å²) in [6.45, 7) is 2.20. The molecule has 3 heteroatoms. The summed E-state index contributed by atoms with van der Waals surface area (Å²) in [7, 11) is 1.69. The lowest BCUT2D eigenvalue weighted by Crippen LogP contribution is -1.93. The van der Waals surface area contributed by atoms with Crippen LogP contribution in [-0.4, -0.2) is 7.11 Å². The molecule has 2 rings (SSSR count). The van der Waals surface area contributed by atoms with Gasteiger partial charge in [-0.2, -0.15) is 0 Å². The van der Waals surface area contributed by atoms with E-state index in [2.05, 4.69) is 47.1 Å². The Morgan fingerprint density at radius 1 is 1.17 bits per heavy atom. The van der Waals surface area contributed by atoms with Crippen LogP contribution in [0.15, 0.2) is 36.4 Å². The predicted molar refractivity (Wildman–Crippen MR) is 82.1 cm³/mol. The smallest absolute Gasteiger partial charge is 0.118 e. The van der Waals surface area contributed by atoms with Crippen molar-refractivity contribution in [1.82, 2.24) is 0 Å². The van der Waals surface area contributed by atoms with Gasteiger partial charge in [0.05, 0.1) is 11.9 Å². The Morgan fingerprint density at radius 2 is 1.89 bits per heavy atom. The first-order valence-corrected chi connectivity index (χ1v) is 7.81. The van der Waals surface area contributed by atoms with Crippen molar-refractivity contribution < 1.29 is 4.74 Å². The van der Waals surface area contributed by atoms with E-state index in [0.717, 1.165) is 18.6 Å². The van der Waals surface area contributed by atoms with E-state index < -0.39 is 0 Å². The summed E-state index contributed by atoms with van der Waals surface area (Å²) < 4.78 is 5.17. The van der Waals surface area contributed by atoms with Gasteiger partial charge in [-0.15, -0.1) is 11.3 Å². The van der Waals surface area contributed by atoms with E-state index in [1.54, 1.807) is 7.11 Å². The van der Waals surface area contributed by atoms with Crippen LogP contribution in [0.5, 0.6) is 5.75 Å². The van der Waals surface area contributed by atoms with Gasteiger partial charge in [0, 0.05) is 9.75 Å². The fourth-order valence-electron chi connectivity index (χ4n) is 1.82. The lowest BCUT2D eigenvalue weighted by molar-refractivity contribution is 0.414. The molecule has 1 aromatic carbocycles. The van der Waals surface area contributed by atoms with E-state index in [0.29, 0.717) is 4.83 Å². The topological polar surface area (TPSA) is 9.23 Å². The van der Waals surface area contributed by atoms with E-state index in [4.69, 9.17) is 4.74 Å². The van der Waals surface area contributed by atoms with Gasteiger partial charge < -0.3 is 4.74 Å². The molecule has 0 spiro atoms. The summed E-state index contributed by atoms with van der Waals surface area (Å²) in [5.41, 5.74) is 1.32. The fraction of sp³-hybridized carbons (Fsp3) is 0.333. The number of methoxy groups -OCH3 is 1.